The Balaban J connectivity index is 1.06. The summed E-state index contributed by atoms with van der Waals surface area (Å²) >= 11 is 0. The topological polar surface area (TPSA) is 220 Å². The Morgan fingerprint density at radius 3 is 1.52 bits per heavy atom. The molecule has 0 saturated heterocycles. The molecule has 4 fully saturated rings. The zero-order valence-electron chi connectivity index (χ0n) is 42.1. The van der Waals surface area contributed by atoms with E-state index in [0.29, 0.717) is 23.7 Å². The first kappa shape index (κ1) is 54.5. The number of carbonyl (C=O) groups is 4. The van der Waals surface area contributed by atoms with Gasteiger partial charge in [0.2, 0.25) is 11.8 Å². The van der Waals surface area contributed by atoms with E-state index in [2.05, 4.69) is 66.0 Å². The molecule has 4 aliphatic carbocycles. The van der Waals surface area contributed by atoms with Crippen molar-refractivity contribution in [3.05, 3.63) is 70.8 Å². The van der Waals surface area contributed by atoms with Crippen LogP contribution in [0.1, 0.15) is 173 Å². The van der Waals surface area contributed by atoms with Gasteiger partial charge in [-0.1, -0.05) is 104 Å². The first-order valence-corrected chi connectivity index (χ1v) is 28.3. The van der Waals surface area contributed by atoms with E-state index >= 15 is 0 Å². The minimum atomic E-state index is -4.24. The number of nitrogens with one attached hydrogen (secondary N) is 2. The van der Waals surface area contributed by atoms with Crippen LogP contribution in [0.4, 0.5) is 0 Å². The average Bonchev–Trinajstić information content (AvgIpc) is 3.57. The van der Waals surface area contributed by atoms with Crippen molar-refractivity contribution < 1.29 is 54.6 Å². The minimum absolute atomic E-state index is 0.00404. The minimum Gasteiger partial charge on any atom is -0.462 e. The Kier molecular flexibility index (Phi) is 16.9. The molecule has 69 heavy (non-hydrogen) atoms. The Bertz CT molecular complexity index is 2370. The molecule has 0 aromatic heterocycles. The van der Waals surface area contributed by atoms with Crippen molar-refractivity contribution in [3.8, 4) is 0 Å². The number of carbonyl (C=O) groups excluding carboxylic acids is 4. The van der Waals surface area contributed by atoms with Gasteiger partial charge in [-0.2, -0.15) is 16.8 Å². The second-order valence-corrected chi connectivity index (χ2v) is 26.5. The molecule has 14 nitrogen and oxygen atoms in total. The van der Waals surface area contributed by atoms with Crippen LogP contribution in [0.3, 0.4) is 0 Å². The lowest BCUT2D eigenvalue weighted by molar-refractivity contribution is -0.170. The van der Waals surface area contributed by atoms with Gasteiger partial charge < -0.3 is 20.1 Å². The summed E-state index contributed by atoms with van der Waals surface area (Å²) in [4.78, 5) is 53.7. The Labute approximate surface area is 411 Å². The summed E-state index contributed by atoms with van der Waals surface area (Å²) in [5.41, 5.74) is 3.59. The molecule has 6 rings (SSSR count). The van der Waals surface area contributed by atoms with Crippen LogP contribution in [0.15, 0.2) is 48.5 Å². The number of amides is 2. The number of ether oxygens (including phenoxy) is 2. The summed E-state index contributed by atoms with van der Waals surface area (Å²) in [6.45, 7) is 16.9. The van der Waals surface area contributed by atoms with Crippen LogP contribution >= 0.6 is 0 Å². The normalized spacial score (nSPS) is 28.0. The zero-order chi connectivity index (χ0) is 50.7. The summed E-state index contributed by atoms with van der Waals surface area (Å²) in [7, 11) is -8.48. The van der Waals surface area contributed by atoms with E-state index in [0.717, 1.165) is 80.0 Å². The highest BCUT2D eigenvalue weighted by molar-refractivity contribution is 7.86. The molecule has 4 aliphatic rings. The maximum absolute atomic E-state index is 13.9. The van der Waals surface area contributed by atoms with Crippen molar-refractivity contribution in [1.82, 2.24) is 10.6 Å². The molecule has 10 atom stereocenters. The molecule has 0 spiro atoms. The van der Waals surface area contributed by atoms with Crippen LogP contribution in [0, 0.1) is 34.5 Å². The van der Waals surface area contributed by atoms with Gasteiger partial charge in [-0.25, -0.2) is 0 Å². The third kappa shape index (κ3) is 14.2. The van der Waals surface area contributed by atoms with E-state index in [1.165, 1.54) is 0 Å². The van der Waals surface area contributed by atoms with Crippen molar-refractivity contribution >= 4 is 44.0 Å². The summed E-state index contributed by atoms with van der Waals surface area (Å²) in [6, 6.07) is 15.8. The fraction of sp³-hybridized carbons (Fsp3) is 0.698. The highest BCUT2D eigenvalue weighted by atomic mass is 32.2. The second-order valence-electron chi connectivity index (χ2n) is 23.4. The second kappa shape index (κ2) is 21.5. The monoisotopic (exact) mass is 998 g/mol. The van der Waals surface area contributed by atoms with Gasteiger partial charge >= 0.3 is 11.9 Å². The predicted octanol–water partition coefficient (Wildman–Crippen LogP) is 8.58. The van der Waals surface area contributed by atoms with Crippen LogP contribution in [0.25, 0.3) is 0 Å². The molecule has 4 N–H and O–H groups in total. The van der Waals surface area contributed by atoms with Crippen LogP contribution in [-0.2, 0) is 59.7 Å². The molecule has 0 bridgehead atoms. The van der Waals surface area contributed by atoms with Crippen LogP contribution < -0.4 is 10.6 Å². The van der Waals surface area contributed by atoms with E-state index in [9.17, 15) is 36.0 Å². The van der Waals surface area contributed by atoms with E-state index in [1.807, 2.05) is 48.5 Å². The average molecular weight is 999 g/mol. The molecule has 384 valence electrons. The SMILES string of the molecule is CC(C)(C)c1ccc(C(CC(=O)NCCS(=O)(=O)O)CC(=O)O[C@H]2CC[C@@]3(C)[C@@H](CC[C@@H]4[C@@H]3CC[C@]3(C)[C@@H](OC(=O)CC(CC(=O)NCCS(=O)(=O)O)c5ccc(C(C)(C)C)cc5)CC[C@@H]43)C2)cc1. The lowest BCUT2D eigenvalue weighted by Crippen LogP contribution is -2.55. The smallest absolute Gasteiger partial charge is 0.306 e. The van der Waals surface area contributed by atoms with Crippen molar-refractivity contribution in [3.63, 3.8) is 0 Å². The molecule has 0 aliphatic heterocycles. The fourth-order valence-corrected chi connectivity index (χ4v) is 13.4. The molecular formula is C53H78N2O12S2. The van der Waals surface area contributed by atoms with Crippen molar-refractivity contribution in [2.45, 2.75) is 174 Å². The number of hydrogen-bond donors (Lipinski definition) is 4. The quantitative estimate of drug-likeness (QED) is 0.0815. The van der Waals surface area contributed by atoms with Gasteiger partial charge in [0.1, 0.15) is 12.2 Å². The maximum Gasteiger partial charge on any atom is 0.306 e. The first-order chi connectivity index (χ1) is 32.0. The number of fused-ring (bicyclic) bond motifs is 5. The Hall–Kier alpha value is -3.86. The largest absolute Gasteiger partial charge is 0.462 e. The third-order valence-electron chi connectivity index (χ3n) is 16.7. The molecule has 2 aromatic carbocycles. The van der Waals surface area contributed by atoms with Gasteiger partial charge in [0, 0.05) is 43.2 Å². The highest BCUT2D eigenvalue weighted by Gasteiger charge is 2.61. The number of rotatable bonds is 18. The number of hydrogen-bond acceptors (Lipinski definition) is 10. The standard InChI is InChI=1S/C53H78N2O12S2/c1-50(2,3)38-13-9-34(10-14-38)36(29-46(56)54-25-27-68(60,61)62)31-48(58)66-41-21-23-52(7)40(33-41)17-18-42-43-19-20-45(53(43,8)24-22-44(42)52)67-49(59)32-37(30-47(57)55-26-28-69(63,64)65)35-11-15-39(16-12-35)51(4,5)6/h9-16,36-37,40-45H,17-33H2,1-8H3,(H,54,56)(H,55,57)(H,60,61,62)(H,63,64,65)/t36?,37?,40-,41-,42-,43-,44-,45-,52-,53-/m0/s1. The van der Waals surface area contributed by atoms with Crippen molar-refractivity contribution in [1.29, 1.82) is 0 Å². The Morgan fingerprint density at radius 1 is 0.609 bits per heavy atom. The molecule has 0 radical (unpaired) electrons. The molecule has 2 aromatic rings. The fourth-order valence-electron chi connectivity index (χ4n) is 12.7. The number of esters is 2. The van der Waals surface area contributed by atoms with E-state index in [1.54, 1.807) is 0 Å². The van der Waals surface area contributed by atoms with Gasteiger partial charge in [0.25, 0.3) is 20.2 Å². The highest BCUT2D eigenvalue weighted by Crippen LogP contribution is 2.66. The van der Waals surface area contributed by atoms with Crippen LogP contribution in [0.5, 0.6) is 0 Å². The zero-order valence-corrected chi connectivity index (χ0v) is 43.7. The van der Waals surface area contributed by atoms with Gasteiger partial charge in [0.05, 0.1) is 24.3 Å². The molecule has 2 unspecified atom stereocenters. The lowest BCUT2D eigenvalue weighted by atomic mass is 9.45. The molecule has 2 amide bonds. The summed E-state index contributed by atoms with van der Waals surface area (Å²) in [6.07, 6.45) is 7.72. The van der Waals surface area contributed by atoms with Crippen LogP contribution in [0.2, 0.25) is 0 Å². The van der Waals surface area contributed by atoms with Gasteiger partial charge in [-0.3, -0.25) is 28.3 Å². The third-order valence-corrected chi connectivity index (χ3v) is 18.1. The van der Waals surface area contributed by atoms with Gasteiger partial charge in [-0.15, -0.1) is 0 Å². The molecular weight excluding hydrogens is 921 g/mol. The van der Waals surface area contributed by atoms with Gasteiger partial charge in [0.15, 0.2) is 0 Å². The van der Waals surface area contributed by atoms with Crippen molar-refractivity contribution in [2.75, 3.05) is 24.6 Å². The number of benzene rings is 2. The molecule has 4 saturated carbocycles. The lowest BCUT2D eigenvalue weighted by Gasteiger charge is -2.60. The molecule has 16 heteroatoms. The molecule has 0 heterocycles. The first-order valence-electron chi connectivity index (χ1n) is 25.1. The van der Waals surface area contributed by atoms with Crippen molar-refractivity contribution in [2.24, 2.45) is 34.5 Å². The Morgan fingerprint density at radius 2 is 1.06 bits per heavy atom. The summed E-state index contributed by atoms with van der Waals surface area (Å²) < 4.78 is 75.9. The van der Waals surface area contributed by atoms with E-state index in [-0.39, 0.29) is 84.6 Å². The summed E-state index contributed by atoms with van der Waals surface area (Å²) in [5.74, 6) is -1.95. The maximum atomic E-state index is 13.9. The van der Waals surface area contributed by atoms with E-state index in [4.69, 9.17) is 18.6 Å². The summed E-state index contributed by atoms with van der Waals surface area (Å²) in [5, 5.41) is 5.13. The predicted molar refractivity (Wildman–Crippen MR) is 265 cm³/mol. The van der Waals surface area contributed by atoms with Crippen LogP contribution in [-0.4, -0.2) is 86.5 Å². The van der Waals surface area contributed by atoms with Gasteiger partial charge in [-0.05, 0) is 120 Å². The van der Waals surface area contributed by atoms with E-state index < -0.39 is 55.4 Å².